The second kappa shape index (κ2) is 4.99. The third-order valence-corrected chi connectivity index (χ3v) is 1.73. The van der Waals surface area contributed by atoms with Gasteiger partial charge in [-0.15, -0.1) is 0 Å². The number of esters is 1. The summed E-state index contributed by atoms with van der Waals surface area (Å²) in [6, 6.07) is 0. The van der Waals surface area contributed by atoms with Crippen molar-refractivity contribution in [1.29, 1.82) is 0 Å². The molecule has 0 aromatic heterocycles. The third-order valence-electron chi connectivity index (χ3n) is 1.73. The first-order valence-corrected chi connectivity index (χ1v) is 4.25. The number of ether oxygens (including phenoxy) is 3. The molecule has 1 aliphatic heterocycles. The Bertz CT molecular complexity index is 200. The first-order valence-electron chi connectivity index (χ1n) is 4.25. The van der Waals surface area contributed by atoms with Crippen LogP contribution in [-0.2, 0) is 19.0 Å². The molecule has 0 aliphatic carbocycles. The van der Waals surface area contributed by atoms with Gasteiger partial charge in [-0.1, -0.05) is 6.08 Å². The summed E-state index contributed by atoms with van der Waals surface area (Å²) in [7, 11) is 1.33. The molecule has 0 fully saturated rings. The molecule has 13 heavy (non-hydrogen) atoms. The van der Waals surface area contributed by atoms with Gasteiger partial charge in [-0.3, -0.25) is 0 Å². The molecule has 0 spiro atoms. The topological polar surface area (TPSA) is 44.8 Å². The van der Waals surface area contributed by atoms with E-state index in [9.17, 15) is 4.79 Å². The zero-order chi connectivity index (χ0) is 9.68. The van der Waals surface area contributed by atoms with Crippen LogP contribution in [0.4, 0.5) is 0 Å². The summed E-state index contributed by atoms with van der Waals surface area (Å²) in [6.45, 7) is 2.27. The standard InChI is InChI=1S/C9H14O4/c1-7(9(10)11-2)13-8-5-3-4-6-12-8/h3,5,7-8H,4,6H2,1-2H3/t7-,8+/m0/s1. The van der Waals surface area contributed by atoms with Gasteiger partial charge in [0.25, 0.3) is 0 Å². The Hall–Kier alpha value is -0.870. The Morgan fingerprint density at radius 1 is 1.69 bits per heavy atom. The SMILES string of the molecule is COC(=O)[C@H](C)O[C@@H]1C=CCCO1. The molecule has 0 radical (unpaired) electrons. The molecule has 2 atom stereocenters. The van der Waals surface area contributed by atoms with E-state index in [1.807, 2.05) is 6.08 Å². The van der Waals surface area contributed by atoms with Crippen molar-refractivity contribution in [3.8, 4) is 0 Å². The summed E-state index contributed by atoms with van der Waals surface area (Å²) in [5.74, 6) is -0.387. The van der Waals surface area contributed by atoms with Crippen LogP contribution in [0.1, 0.15) is 13.3 Å². The largest absolute Gasteiger partial charge is 0.467 e. The predicted molar refractivity (Wildman–Crippen MR) is 46.1 cm³/mol. The minimum absolute atomic E-state index is 0.387. The molecular weight excluding hydrogens is 172 g/mol. The van der Waals surface area contributed by atoms with Gasteiger partial charge in [0.15, 0.2) is 12.4 Å². The molecule has 0 amide bonds. The number of carbonyl (C=O) groups excluding carboxylic acids is 1. The maximum Gasteiger partial charge on any atom is 0.334 e. The second-order valence-corrected chi connectivity index (χ2v) is 2.76. The summed E-state index contributed by atoms with van der Waals surface area (Å²) in [5, 5.41) is 0. The zero-order valence-electron chi connectivity index (χ0n) is 7.86. The van der Waals surface area contributed by atoms with Crippen molar-refractivity contribution in [2.75, 3.05) is 13.7 Å². The molecule has 1 aliphatic rings. The van der Waals surface area contributed by atoms with Crippen LogP contribution < -0.4 is 0 Å². The van der Waals surface area contributed by atoms with Crippen molar-refractivity contribution in [1.82, 2.24) is 0 Å². The van der Waals surface area contributed by atoms with Crippen molar-refractivity contribution < 1.29 is 19.0 Å². The van der Waals surface area contributed by atoms with E-state index < -0.39 is 12.4 Å². The smallest absolute Gasteiger partial charge is 0.334 e. The maximum atomic E-state index is 11.0. The zero-order valence-corrected chi connectivity index (χ0v) is 7.86. The summed E-state index contributed by atoms with van der Waals surface area (Å²) >= 11 is 0. The van der Waals surface area contributed by atoms with E-state index >= 15 is 0 Å². The molecule has 4 nitrogen and oxygen atoms in total. The number of carbonyl (C=O) groups is 1. The van der Waals surface area contributed by atoms with Crippen LogP contribution in [0, 0.1) is 0 Å². The molecule has 0 aromatic rings. The van der Waals surface area contributed by atoms with E-state index in [0.29, 0.717) is 6.61 Å². The van der Waals surface area contributed by atoms with E-state index in [4.69, 9.17) is 9.47 Å². The van der Waals surface area contributed by atoms with Gasteiger partial charge in [0.1, 0.15) is 0 Å². The quantitative estimate of drug-likeness (QED) is 0.484. The van der Waals surface area contributed by atoms with Crippen molar-refractivity contribution in [2.24, 2.45) is 0 Å². The van der Waals surface area contributed by atoms with E-state index in [1.54, 1.807) is 13.0 Å². The summed E-state index contributed by atoms with van der Waals surface area (Å²) in [5.41, 5.74) is 0. The van der Waals surface area contributed by atoms with Crippen molar-refractivity contribution in [3.05, 3.63) is 12.2 Å². The van der Waals surface area contributed by atoms with Gasteiger partial charge in [0.05, 0.1) is 13.7 Å². The summed E-state index contributed by atoms with van der Waals surface area (Å²) < 4.78 is 15.0. The summed E-state index contributed by atoms with van der Waals surface area (Å²) in [4.78, 5) is 11.0. The van der Waals surface area contributed by atoms with Gasteiger partial charge in [-0.05, 0) is 19.4 Å². The lowest BCUT2D eigenvalue weighted by molar-refractivity contribution is -0.177. The molecule has 0 unspecified atom stereocenters. The van der Waals surface area contributed by atoms with Crippen LogP contribution in [0.2, 0.25) is 0 Å². The normalized spacial score (nSPS) is 24.0. The fraction of sp³-hybridized carbons (Fsp3) is 0.667. The molecule has 0 bridgehead atoms. The average Bonchev–Trinajstić information content (AvgIpc) is 2.18. The Morgan fingerprint density at radius 2 is 2.46 bits per heavy atom. The lowest BCUT2D eigenvalue weighted by Gasteiger charge is -2.20. The van der Waals surface area contributed by atoms with Gasteiger partial charge < -0.3 is 14.2 Å². The molecular formula is C9H14O4. The molecule has 74 valence electrons. The van der Waals surface area contributed by atoms with Crippen LogP contribution in [0.3, 0.4) is 0 Å². The second-order valence-electron chi connectivity index (χ2n) is 2.76. The van der Waals surface area contributed by atoms with Gasteiger partial charge in [0.2, 0.25) is 0 Å². The lowest BCUT2D eigenvalue weighted by atomic mass is 10.3. The Labute approximate surface area is 77.5 Å². The van der Waals surface area contributed by atoms with E-state index in [2.05, 4.69) is 4.74 Å². The lowest BCUT2D eigenvalue weighted by Crippen LogP contribution is -2.29. The molecule has 0 N–H and O–H groups in total. The molecule has 4 heteroatoms. The van der Waals surface area contributed by atoms with Crippen molar-refractivity contribution >= 4 is 5.97 Å². The van der Waals surface area contributed by atoms with Crippen LogP contribution >= 0.6 is 0 Å². The Morgan fingerprint density at radius 3 is 3.00 bits per heavy atom. The fourth-order valence-corrected chi connectivity index (χ4v) is 1.02. The molecule has 0 saturated carbocycles. The van der Waals surface area contributed by atoms with E-state index in [-0.39, 0.29) is 5.97 Å². The highest BCUT2D eigenvalue weighted by Crippen LogP contribution is 2.08. The highest BCUT2D eigenvalue weighted by atomic mass is 16.7. The molecule has 1 rings (SSSR count). The number of hydrogen-bond acceptors (Lipinski definition) is 4. The fourth-order valence-electron chi connectivity index (χ4n) is 1.02. The average molecular weight is 186 g/mol. The first kappa shape index (κ1) is 10.2. The molecule has 0 aromatic carbocycles. The van der Waals surface area contributed by atoms with E-state index in [0.717, 1.165) is 6.42 Å². The predicted octanol–water partition coefficient (Wildman–Crippen LogP) is 0.867. The monoisotopic (exact) mass is 186 g/mol. The van der Waals surface area contributed by atoms with E-state index in [1.165, 1.54) is 7.11 Å². The number of hydrogen-bond donors (Lipinski definition) is 0. The van der Waals surface area contributed by atoms with Crippen LogP contribution in [0.15, 0.2) is 12.2 Å². The van der Waals surface area contributed by atoms with Gasteiger partial charge in [0, 0.05) is 0 Å². The van der Waals surface area contributed by atoms with Gasteiger partial charge in [-0.2, -0.15) is 0 Å². The molecule has 1 heterocycles. The minimum Gasteiger partial charge on any atom is -0.467 e. The molecule has 0 saturated heterocycles. The number of methoxy groups -OCH3 is 1. The number of rotatable bonds is 3. The van der Waals surface area contributed by atoms with Crippen LogP contribution in [0.25, 0.3) is 0 Å². The Kier molecular flexibility index (Phi) is 3.92. The minimum atomic E-state index is -0.585. The van der Waals surface area contributed by atoms with Crippen molar-refractivity contribution in [3.63, 3.8) is 0 Å². The third kappa shape index (κ3) is 3.16. The van der Waals surface area contributed by atoms with Gasteiger partial charge >= 0.3 is 5.97 Å². The maximum absolute atomic E-state index is 11.0. The van der Waals surface area contributed by atoms with Gasteiger partial charge in [-0.25, -0.2) is 4.79 Å². The Balaban J connectivity index is 2.34. The van der Waals surface area contributed by atoms with Crippen molar-refractivity contribution in [2.45, 2.75) is 25.7 Å². The summed E-state index contributed by atoms with van der Waals surface area (Å²) in [6.07, 6.45) is 3.66. The van der Waals surface area contributed by atoms with Crippen LogP contribution in [-0.4, -0.2) is 32.1 Å². The highest BCUT2D eigenvalue weighted by molar-refractivity contribution is 5.73. The first-order chi connectivity index (χ1) is 6.24. The van der Waals surface area contributed by atoms with Crippen LogP contribution in [0.5, 0.6) is 0 Å². The highest BCUT2D eigenvalue weighted by Gasteiger charge is 2.19.